The normalized spacial score (nSPS) is 9.56. The first-order chi connectivity index (χ1) is 4.31. The van der Waals surface area contributed by atoms with Crippen LogP contribution in [0.25, 0.3) is 0 Å². The summed E-state index contributed by atoms with van der Waals surface area (Å²) in [6.07, 6.45) is 4.93. The van der Waals surface area contributed by atoms with Gasteiger partial charge in [0.2, 0.25) is 0 Å². The topological polar surface area (TPSA) is 0 Å². The van der Waals surface area contributed by atoms with Gasteiger partial charge in [0.05, 0.1) is 0 Å². The molecule has 0 saturated carbocycles. The summed E-state index contributed by atoms with van der Waals surface area (Å²) in [6, 6.07) is 0. The van der Waals surface area contributed by atoms with Crippen LogP contribution in [0.3, 0.4) is 0 Å². The van der Waals surface area contributed by atoms with Crippen LogP contribution in [0.15, 0.2) is 12.2 Å². The van der Waals surface area contributed by atoms with E-state index in [1.165, 1.54) is 24.8 Å². The van der Waals surface area contributed by atoms with Gasteiger partial charge in [0.15, 0.2) is 0 Å². The molecule has 1 heteroatoms. The van der Waals surface area contributed by atoms with E-state index in [-0.39, 0.29) is 0 Å². The molecule has 0 aromatic rings. The second-order valence-electron chi connectivity index (χ2n) is 2.29. The average molecular weight is 191 g/mol. The number of halogens is 1. The van der Waals surface area contributed by atoms with Crippen molar-refractivity contribution in [2.24, 2.45) is 0 Å². The van der Waals surface area contributed by atoms with E-state index in [0.717, 1.165) is 11.8 Å². The van der Waals surface area contributed by atoms with Crippen LogP contribution >= 0.6 is 15.9 Å². The summed E-state index contributed by atoms with van der Waals surface area (Å²) in [7, 11) is 0. The Morgan fingerprint density at radius 1 is 1.44 bits per heavy atom. The van der Waals surface area contributed by atoms with Crippen LogP contribution in [0, 0.1) is 0 Å². The van der Waals surface area contributed by atoms with Gasteiger partial charge in [0.1, 0.15) is 0 Å². The maximum absolute atomic E-state index is 3.95. The SMILES string of the molecule is C=C(CCBr)CCCC. The van der Waals surface area contributed by atoms with Crippen molar-refractivity contribution in [3.8, 4) is 0 Å². The summed E-state index contributed by atoms with van der Waals surface area (Å²) < 4.78 is 0. The van der Waals surface area contributed by atoms with Crippen molar-refractivity contribution in [3.63, 3.8) is 0 Å². The molecule has 0 aromatic carbocycles. The lowest BCUT2D eigenvalue weighted by molar-refractivity contribution is 0.771. The largest absolute Gasteiger partial charge is 0.0998 e. The summed E-state index contributed by atoms with van der Waals surface area (Å²) in [5, 5.41) is 1.07. The number of alkyl halides is 1. The zero-order chi connectivity index (χ0) is 7.11. The molecule has 0 fully saturated rings. The first-order valence-electron chi connectivity index (χ1n) is 3.54. The van der Waals surface area contributed by atoms with E-state index in [1.54, 1.807) is 0 Å². The minimum Gasteiger partial charge on any atom is -0.0998 e. The highest BCUT2D eigenvalue weighted by Crippen LogP contribution is 2.09. The van der Waals surface area contributed by atoms with Gasteiger partial charge in [-0.05, 0) is 19.3 Å². The van der Waals surface area contributed by atoms with Gasteiger partial charge in [-0.15, -0.1) is 0 Å². The smallest absolute Gasteiger partial charge is 0.00684 e. The number of unbranched alkanes of at least 4 members (excludes halogenated alkanes) is 1. The standard InChI is InChI=1S/C8H15Br/c1-3-4-5-8(2)6-7-9/h2-7H2,1H3. The maximum Gasteiger partial charge on any atom is 0.00684 e. The monoisotopic (exact) mass is 190 g/mol. The third-order valence-electron chi connectivity index (χ3n) is 1.33. The zero-order valence-electron chi connectivity index (χ0n) is 6.12. The Morgan fingerprint density at radius 3 is 2.56 bits per heavy atom. The summed E-state index contributed by atoms with van der Waals surface area (Å²) >= 11 is 3.38. The summed E-state index contributed by atoms with van der Waals surface area (Å²) in [4.78, 5) is 0. The number of hydrogen-bond donors (Lipinski definition) is 0. The van der Waals surface area contributed by atoms with Crippen molar-refractivity contribution in [3.05, 3.63) is 12.2 Å². The second kappa shape index (κ2) is 6.34. The van der Waals surface area contributed by atoms with E-state index in [4.69, 9.17) is 0 Å². The van der Waals surface area contributed by atoms with Crippen molar-refractivity contribution in [2.75, 3.05) is 5.33 Å². The summed E-state index contributed by atoms with van der Waals surface area (Å²) in [6.45, 7) is 6.16. The quantitative estimate of drug-likeness (QED) is 0.460. The fourth-order valence-electron chi connectivity index (χ4n) is 0.685. The van der Waals surface area contributed by atoms with Gasteiger partial charge in [-0.1, -0.05) is 41.4 Å². The Labute approximate surface area is 66.5 Å². The van der Waals surface area contributed by atoms with Crippen LogP contribution in [0.5, 0.6) is 0 Å². The minimum absolute atomic E-state index is 1.07. The van der Waals surface area contributed by atoms with Gasteiger partial charge >= 0.3 is 0 Å². The third kappa shape index (κ3) is 6.10. The lowest BCUT2D eigenvalue weighted by atomic mass is 10.1. The molecule has 0 amide bonds. The van der Waals surface area contributed by atoms with Gasteiger partial charge < -0.3 is 0 Å². The van der Waals surface area contributed by atoms with Crippen molar-refractivity contribution >= 4 is 15.9 Å². The van der Waals surface area contributed by atoms with Gasteiger partial charge in [0, 0.05) is 5.33 Å². The van der Waals surface area contributed by atoms with Gasteiger partial charge in [0.25, 0.3) is 0 Å². The molecule has 0 nitrogen and oxygen atoms in total. The van der Waals surface area contributed by atoms with Crippen LogP contribution in [0.4, 0.5) is 0 Å². The van der Waals surface area contributed by atoms with Crippen LogP contribution in [0.1, 0.15) is 32.6 Å². The van der Waals surface area contributed by atoms with Crippen molar-refractivity contribution < 1.29 is 0 Å². The average Bonchev–Trinajstić information content (AvgIpc) is 1.85. The van der Waals surface area contributed by atoms with Crippen molar-refractivity contribution in [1.82, 2.24) is 0 Å². The molecule has 0 bridgehead atoms. The molecule has 0 rings (SSSR count). The molecule has 0 aliphatic heterocycles. The molecule has 0 N–H and O–H groups in total. The molecule has 0 heterocycles. The summed E-state index contributed by atoms with van der Waals surface area (Å²) in [5.41, 5.74) is 1.38. The molecule has 0 aliphatic carbocycles. The Bertz CT molecular complexity index is 76.6. The molecule has 0 radical (unpaired) electrons. The maximum atomic E-state index is 3.95. The fourth-order valence-corrected chi connectivity index (χ4v) is 1.25. The molecule has 0 atom stereocenters. The van der Waals surface area contributed by atoms with Crippen LogP contribution in [-0.4, -0.2) is 5.33 Å². The highest BCUT2D eigenvalue weighted by atomic mass is 79.9. The van der Waals surface area contributed by atoms with Gasteiger partial charge in [-0.2, -0.15) is 0 Å². The first kappa shape index (κ1) is 9.22. The zero-order valence-corrected chi connectivity index (χ0v) is 7.71. The Balaban J connectivity index is 3.06. The van der Waals surface area contributed by atoms with Crippen molar-refractivity contribution in [2.45, 2.75) is 32.6 Å². The molecule has 9 heavy (non-hydrogen) atoms. The number of allylic oxidation sites excluding steroid dienone is 1. The molecular formula is C8H15Br. The third-order valence-corrected chi connectivity index (χ3v) is 1.73. The van der Waals surface area contributed by atoms with Crippen LogP contribution in [-0.2, 0) is 0 Å². The first-order valence-corrected chi connectivity index (χ1v) is 4.66. The molecule has 0 spiro atoms. The van der Waals surface area contributed by atoms with Crippen LogP contribution in [0.2, 0.25) is 0 Å². The molecule has 0 unspecified atom stereocenters. The molecular weight excluding hydrogens is 176 g/mol. The van der Waals surface area contributed by atoms with E-state index in [2.05, 4.69) is 29.4 Å². The Morgan fingerprint density at radius 2 is 2.11 bits per heavy atom. The molecule has 0 aromatic heterocycles. The predicted molar refractivity (Wildman–Crippen MR) is 47.1 cm³/mol. The van der Waals surface area contributed by atoms with Gasteiger partial charge in [-0.3, -0.25) is 0 Å². The molecule has 0 aliphatic rings. The second-order valence-corrected chi connectivity index (χ2v) is 3.09. The van der Waals surface area contributed by atoms with Crippen LogP contribution < -0.4 is 0 Å². The Hall–Kier alpha value is 0.220. The van der Waals surface area contributed by atoms with E-state index in [1.807, 2.05) is 0 Å². The van der Waals surface area contributed by atoms with E-state index >= 15 is 0 Å². The highest BCUT2D eigenvalue weighted by molar-refractivity contribution is 9.09. The molecule has 0 saturated heterocycles. The van der Waals surface area contributed by atoms with E-state index in [0.29, 0.717) is 0 Å². The predicted octanol–water partition coefficient (Wildman–Crippen LogP) is 3.52. The van der Waals surface area contributed by atoms with E-state index < -0.39 is 0 Å². The van der Waals surface area contributed by atoms with Crippen molar-refractivity contribution in [1.29, 1.82) is 0 Å². The lowest BCUT2D eigenvalue weighted by Gasteiger charge is -1.99. The Kier molecular flexibility index (Phi) is 6.50. The summed E-state index contributed by atoms with van der Waals surface area (Å²) in [5.74, 6) is 0. The fraction of sp³-hybridized carbons (Fsp3) is 0.750. The molecule has 54 valence electrons. The van der Waals surface area contributed by atoms with E-state index in [9.17, 15) is 0 Å². The number of rotatable bonds is 5. The van der Waals surface area contributed by atoms with Gasteiger partial charge in [-0.25, -0.2) is 0 Å². The minimum atomic E-state index is 1.07. The lowest BCUT2D eigenvalue weighted by Crippen LogP contribution is -1.82. The number of hydrogen-bond acceptors (Lipinski definition) is 0. The highest BCUT2D eigenvalue weighted by Gasteiger charge is 1.90.